The fourth-order valence-electron chi connectivity index (χ4n) is 1.88. The Morgan fingerprint density at radius 3 is 3.06 bits per heavy atom. The maximum absolute atomic E-state index is 11.7. The largest absolute Gasteiger partial charge is 0.383 e. The number of nitrogens with one attached hydrogen (secondary N) is 2. The van der Waals surface area contributed by atoms with Gasteiger partial charge < -0.3 is 15.4 Å². The minimum atomic E-state index is 0.0378. The predicted molar refractivity (Wildman–Crippen MR) is 74.6 cm³/mol. The Morgan fingerprint density at radius 1 is 1.44 bits per heavy atom. The van der Waals surface area contributed by atoms with Gasteiger partial charge in [-0.2, -0.15) is 0 Å². The smallest absolute Gasteiger partial charge is 0.225 e. The van der Waals surface area contributed by atoms with Crippen molar-refractivity contribution >= 4 is 27.5 Å². The Bertz CT molecular complexity index is 406. The summed E-state index contributed by atoms with van der Waals surface area (Å²) in [4.78, 5) is 11.7. The summed E-state index contributed by atoms with van der Waals surface area (Å²) < 4.78 is 6.23. The number of benzene rings is 1. The molecule has 18 heavy (non-hydrogen) atoms. The molecule has 4 nitrogen and oxygen atoms in total. The highest BCUT2D eigenvalue weighted by Gasteiger charge is 2.22. The summed E-state index contributed by atoms with van der Waals surface area (Å²) in [6.45, 7) is 2.61. The third-order valence-corrected chi connectivity index (χ3v) is 3.37. The van der Waals surface area contributed by atoms with Gasteiger partial charge in [0.25, 0.3) is 0 Å². The van der Waals surface area contributed by atoms with Gasteiger partial charge in [0, 0.05) is 29.9 Å². The number of rotatable bonds is 5. The SMILES string of the molecule is O=C(NCCNc1cccc(Br)c1)C1CCOC1. The van der Waals surface area contributed by atoms with Crippen molar-refractivity contribution in [1.82, 2.24) is 5.32 Å². The van der Waals surface area contributed by atoms with Gasteiger partial charge >= 0.3 is 0 Å². The summed E-state index contributed by atoms with van der Waals surface area (Å²) in [6.07, 6.45) is 0.838. The van der Waals surface area contributed by atoms with E-state index in [0.29, 0.717) is 19.8 Å². The van der Waals surface area contributed by atoms with Crippen LogP contribution in [0.15, 0.2) is 28.7 Å². The van der Waals surface area contributed by atoms with Gasteiger partial charge in [-0.3, -0.25) is 4.79 Å². The average Bonchev–Trinajstić information content (AvgIpc) is 2.88. The molecule has 1 aliphatic rings. The Labute approximate surface area is 115 Å². The fourth-order valence-corrected chi connectivity index (χ4v) is 2.28. The van der Waals surface area contributed by atoms with Crippen molar-refractivity contribution in [3.63, 3.8) is 0 Å². The normalized spacial score (nSPS) is 18.6. The molecule has 0 aromatic heterocycles. The van der Waals surface area contributed by atoms with Crippen LogP contribution in [0.1, 0.15) is 6.42 Å². The topological polar surface area (TPSA) is 50.4 Å². The first-order valence-electron chi connectivity index (χ1n) is 6.10. The minimum absolute atomic E-state index is 0.0378. The van der Waals surface area contributed by atoms with E-state index in [0.717, 1.165) is 23.1 Å². The van der Waals surface area contributed by atoms with E-state index in [-0.39, 0.29) is 11.8 Å². The number of amides is 1. The van der Waals surface area contributed by atoms with E-state index < -0.39 is 0 Å². The van der Waals surface area contributed by atoms with Crippen LogP contribution in [0.5, 0.6) is 0 Å². The lowest BCUT2D eigenvalue weighted by atomic mass is 10.1. The highest BCUT2D eigenvalue weighted by Crippen LogP contribution is 2.15. The molecule has 1 saturated heterocycles. The van der Waals surface area contributed by atoms with Gasteiger partial charge in [0.2, 0.25) is 5.91 Å². The summed E-state index contributed by atoms with van der Waals surface area (Å²) in [7, 11) is 0. The number of halogens is 1. The molecule has 1 fully saturated rings. The number of anilines is 1. The average molecular weight is 313 g/mol. The molecular weight excluding hydrogens is 296 g/mol. The van der Waals surface area contributed by atoms with Crippen LogP contribution in [0.25, 0.3) is 0 Å². The van der Waals surface area contributed by atoms with Crippen molar-refractivity contribution in [3.05, 3.63) is 28.7 Å². The van der Waals surface area contributed by atoms with E-state index in [1.807, 2.05) is 24.3 Å². The number of carbonyl (C=O) groups excluding carboxylic acids is 1. The van der Waals surface area contributed by atoms with E-state index in [2.05, 4.69) is 26.6 Å². The van der Waals surface area contributed by atoms with Crippen LogP contribution in [0, 0.1) is 5.92 Å². The second kappa shape index (κ2) is 6.75. The van der Waals surface area contributed by atoms with Crippen LogP contribution >= 0.6 is 15.9 Å². The first kappa shape index (κ1) is 13.4. The van der Waals surface area contributed by atoms with E-state index in [9.17, 15) is 4.79 Å². The van der Waals surface area contributed by atoms with Crippen LogP contribution in [-0.4, -0.2) is 32.2 Å². The van der Waals surface area contributed by atoms with Gasteiger partial charge in [-0.05, 0) is 24.6 Å². The molecule has 2 N–H and O–H groups in total. The zero-order valence-electron chi connectivity index (χ0n) is 10.1. The molecule has 1 heterocycles. The van der Waals surface area contributed by atoms with Gasteiger partial charge in [0.05, 0.1) is 12.5 Å². The van der Waals surface area contributed by atoms with E-state index in [4.69, 9.17) is 4.74 Å². The molecule has 0 saturated carbocycles. The van der Waals surface area contributed by atoms with Crippen molar-refractivity contribution in [2.75, 3.05) is 31.6 Å². The molecule has 98 valence electrons. The predicted octanol–water partition coefficient (Wildman–Crippen LogP) is 2.01. The van der Waals surface area contributed by atoms with E-state index in [1.165, 1.54) is 0 Å². The summed E-state index contributed by atoms with van der Waals surface area (Å²) in [5, 5.41) is 6.17. The van der Waals surface area contributed by atoms with E-state index in [1.54, 1.807) is 0 Å². The second-order valence-corrected chi connectivity index (χ2v) is 5.20. The molecule has 1 aromatic rings. The van der Waals surface area contributed by atoms with Gasteiger partial charge in [-0.25, -0.2) is 0 Å². The minimum Gasteiger partial charge on any atom is -0.383 e. The first-order chi connectivity index (χ1) is 8.75. The Morgan fingerprint density at radius 2 is 2.33 bits per heavy atom. The first-order valence-corrected chi connectivity index (χ1v) is 6.90. The van der Waals surface area contributed by atoms with Crippen molar-refractivity contribution in [2.24, 2.45) is 5.92 Å². The lowest BCUT2D eigenvalue weighted by molar-refractivity contribution is -0.124. The van der Waals surface area contributed by atoms with Crippen LogP contribution in [0.3, 0.4) is 0 Å². The molecule has 1 aromatic carbocycles. The van der Waals surface area contributed by atoms with Crippen LogP contribution in [0.4, 0.5) is 5.69 Å². The van der Waals surface area contributed by atoms with Crippen LogP contribution in [-0.2, 0) is 9.53 Å². The van der Waals surface area contributed by atoms with Gasteiger partial charge in [-0.1, -0.05) is 22.0 Å². The third-order valence-electron chi connectivity index (χ3n) is 2.88. The van der Waals surface area contributed by atoms with Crippen molar-refractivity contribution < 1.29 is 9.53 Å². The Hall–Kier alpha value is -1.07. The lowest BCUT2D eigenvalue weighted by Crippen LogP contribution is -2.34. The number of ether oxygens (including phenoxy) is 1. The lowest BCUT2D eigenvalue weighted by Gasteiger charge is -2.10. The Balaban J connectivity index is 1.65. The molecule has 1 aliphatic heterocycles. The molecule has 0 aliphatic carbocycles. The molecule has 1 atom stereocenters. The molecule has 1 unspecified atom stereocenters. The standard InChI is InChI=1S/C13H17BrN2O2/c14-11-2-1-3-12(8-11)15-5-6-16-13(17)10-4-7-18-9-10/h1-3,8,10,15H,4-7,9H2,(H,16,17). The second-order valence-electron chi connectivity index (χ2n) is 4.29. The third kappa shape index (κ3) is 3.99. The number of hydrogen-bond donors (Lipinski definition) is 2. The number of hydrogen-bond acceptors (Lipinski definition) is 3. The van der Waals surface area contributed by atoms with Crippen molar-refractivity contribution in [3.8, 4) is 0 Å². The van der Waals surface area contributed by atoms with Gasteiger partial charge in [0.15, 0.2) is 0 Å². The van der Waals surface area contributed by atoms with Gasteiger partial charge in [0.1, 0.15) is 0 Å². The molecule has 1 amide bonds. The fraction of sp³-hybridized carbons (Fsp3) is 0.462. The van der Waals surface area contributed by atoms with Crippen LogP contribution in [0.2, 0.25) is 0 Å². The van der Waals surface area contributed by atoms with Crippen molar-refractivity contribution in [1.29, 1.82) is 0 Å². The maximum atomic E-state index is 11.7. The maximum Gasteiger partial charge on any atom is 0.225 e. The Kier molecular flexibility index (Phi) is 5.01. The van der Waals surface area contributed by atoms with E-state index >= 15 is 0 Å². The quantitative estimate of drug-likeness (QED) is 0.818. The van der Waals surface area contributed by atoms with Gasteiger partial charge in [-0.15, -0.1) is 0 Å². The summed E-state index contributed by atoms with van der Waals surface area (Å²) in [5.74, 6) is 0.138. The summed E-state index contributed by atoms with van der Waals surface area (Å²) in [6, 6.07) is 7.96. The summed E-state index contributed by atoms with van der Waals surface area (Å²) in [5.41, 5.74) is 1.04. The van der Waals surface area contributed by atoms with Crippen molar-refractivity contribution in [2.45, 2.75) is 6.42 Å². The zero-order chi connectivity index (χ0) is 12.8. The highest BCUT2D eigenvalue weighted by molar-refractivity contribution is 9.10. The highest BCUT2D eigenvalue weighted by atomic mass is 79.9. The molecule has 2 rings (SSSR count). The monoisotopic (exact) mass is 312 g/mol. The molecule has 0 bridgehead atoms. The van der Waals surface area contributed by atoms with Crippen LogP contribution < -0.4 is 10.6 Å². The molecule has 5 heteroatoms. The molecular formula is C13H17BrN2O2. The molecule has 0 radical (unpaired) electrons. The zero-order valence-corrected chi connectivity index (χ0v) is 11.7. The molecule has 0 spiro atoms. The number of carbonyl (C=O) groups is 1. The summed E-state index contributed by atoms with van der Waals surface area (Å²) >= 11 is 3.42.